The topological polar surface area (TPSA) is 105 Å². The predicted octanol–water partition coefficient (Wildman–Crippen LogP) is 1.37. The minimum atomic E-state index is -4.64. The van der Waals surface area contributed by atoms with Crippen LogP contribution in [0.1, 0.15) is 21.5 Å². The van der Waals surface area contributed by atoms with Gasteiger partial charge in [0.25, 0.3) is 0 Å². The summed E-state index contributed by atoms with van der Waals surface area (Å²) < 4.78 is 41.0. The van der Waals surface area contributed by atoms with Gasteiger partial charge in [0.05, 0.1) is 25.2 Å². The Balaban J connectivity index is 1.69. The van der Waals surface area contributed by atoms with Crippen molar-refractivity contribution in [3.05, 3.63) is 59.2 Å². The molecule has 0 radical (unpaired) electrons. The zero-order valence-corrected chi connectivity index (χ0v) is 17.5. The number of piperazine rings is 1. The second kappa shape index (κ2) is 10.3. The standard InChI is InChI=1S/C23H21F3N4O3/c24-23(25,26)19-12-16(17-5-1-2-6-18(17)22(27)33)8-7-15(19)4-3-9-28-10-11-30-13-20(31)29-21(32)14-30/h1-2,5-8,12,28H,9-11,13-14H2,(H2,27,33)(H,29,31,32). The molecular formula is C23H21F3N4O3. The lowest BCUT2D eigenvalue weighted by Crippen LogP contribution is -2.52. The third-order valence-corrected chi connectivity index (χ3v) is 4.88. The number of nitrogens with one attached hydrogen (secondary N) is 2. The summed E-state index contributed by atoms with van der Waals surface area (Å²) >= 11 is 0. The molecule has 1 fully saturated rings. The molecule has 1 heterocycles. The molecule has 0 unspecified atom stereocenters. The lowest BCUT2D eigenvalue weighted by atomic mass is 9.95. The number of amides is 3. The van der Waals surface area contributed by atoms with Crippen molar-refractivity contribution in [3.8, 4) is 23.0 Å². The number of carbonyl (C=O) groups is 3. The van der Waals surface area contributed by atoms with Crippen LogP contribution in [0.5, 0.6) is 0 Å². The fraction of sp³-hybridized carbons (Fsp3) is 0.261. The van der Waals surface area contributed by atoms with E-state index in [9.17, 15) is 27.6 Å². The van der Waals surface area contributed by atoms with Crippen molar-refractivity contribution in [2.75, 3.05) is 32.7 Å². The summed E-state index contributed by atoms with van der Waals surface area (Å²) in [7, 11) is 0. The maximum Gasteiger partial charge on any atom is 0.417 e. The van der Waals surface area contributed by atoms with E-state index < -0.39 is 17.6 Å². The van der Waals surface area contributed by atoms with Gasteiger partial charge in [-0.25, -0.2) is 0 Å². The lowest BCUT2D eigenvalue weighted by molar-refractivity contribution is -0.138. The number of carbonyl (C=O) groups excluding carboxylic acids is 3. The van der Waals surface area contributed by atoms with Gasteiger partial charge < -0.3 is 11.1 Å². The molecule has 0 aromatic heterocycles. The first kappa shape index (κ1) is 24.0. The summed E-state index contributed by atoms with van der Waals surface area (Å²) in [4.78, 5) is 35.9. The molecule has 1 aliphatic rings. The van der Waals surface area contributed by atoms with Gasteiger partial charge in [-0.2, -0.15) is 13.2 Å². The monoisotopic (exact) mass is 458 g/mol. The van der Waals surface area contributed by atoms with E-state index in [0.29, 0.717) is 18.7 Å². The molecule has 3 amide bonds. The SMILES string of the molecule is NC(=O)c1ccccc1-c1ccc(C#CCNCCN2CC(=O)NC(=O)C2)c(C(F)(F)F)c1. The Bertz CT molecular complexity index is 1120. The normalized spacial score (nSPS) is 14.4. The van der Waals surface area contributed by atoms with Crippen LogP contribution in [-0.2, 0) is 15.8 Å². The van der Waals surface area contributed by atoms with Gasteiger partial charge in [-0.1, -0.05) is 36.1 Å². The average molecular weight is 458 g/mol. The molecular weight excluding hydrogens is 437 g/mol. The van der Waals surface area contributed by atoms with E-state index >= 15 is 0 Å². The van der Waals surface area contributed by atoms with E-state index in [4.69, 9.17) is 5.73 Å². The average Bonchev–Trinajstić information content (AvgIpc) is 2.75. The molecule has 4 N–H and O–H groups in total. The minimum absolute atomic E-state index is 0.110. The van der Waals surface area contributed by atoms with E-state index in [1.807, 2.05) is 0 Å². The number of hydrogen-bond acceptors (Lipinski definition) is 5. The van der Waals surface area contributed by atoms with E-state index in [0.717, 1.165) is 6.07 Å². The Labute approximate surface area is 188 Å². The van der Waals surface area contributed by atoms with E-state index in [1.54, 1.807) is 17.0 Å². The molecule has 2 aromatic carbocycles. The largest absolute Gasteiger partial charge is 0.417 e. The fourth-order valence-corrected chi connectivity index (χ4v) is 3.39. The first-order valence-electron chi connectivity index (χ1n) is 10.00. The van der Waals surface area contributed by atoms with Crippen LogP contribution in [0.25, 0.3) is 11.1 Å². The van der Waals surface area contributed by atoms with Crippen molar-refractivity contribution in [1.29, 1.82) is 0 Å². The second-order valence-corrected chi connectivity index (χ2v) is 7.33. The van der Waals surface area contributed by atoms with Crippen LogP contribution in [-0.4, -0.2) is 55.3 Å². The van der Waals surface area contributed by atoms with Gasteiger partial charge in [-0.05, 0) is 29.3 Å². The lowest BCUT2D eigenvalue weighted by Gasteiger charge is -2.24. The number of primary amides is 1. The number of benzene rings is 2. The Morgan fingerprint density at radius 3 is 2.48 bits per heavy atom. The maximum atomic E-state index is 13.7. The van der Waals surface area contributed by atoms with Crippen molar-refractivity contribution in [2.24, 2.45) is 5.73 Å². The van der Waals surface area contributed by atoms with Gasteiger partial charge in [0.15, 0.2) is 0 Å². The van der Waals surface area contributed by atoms with Gasteiger partial charge in [-0.15, -0.1) is 0 Å². The number of nitrogens with zero attached hydrogens (tertiary/aromatic N) is 1. The number of rotatable bonds is 6. The number of imide groups is 1. The fourth-order valence-electron chi connectivity index (χ4n) is 3.39. The van der Waals surface area contributed by atoms with Gasteiger partial charge in [-0.3, -0.25) is 24.6 Å². The summed E-state index contributed by atoms with van der Waals surface area (Å²) in [5, 5.41) is 5.16. The molecule has 7 nitrogen and oxygen atoms in total. The summed E-state index contributed by atoms with van der Waals surface area (Å²) in [5.41, 5.74) is 4.88. The summed E-state index contributed by atoms with van der Waals surface area (Å²) in [5.74, 6) is 3.72. The quantitative estimate of drug-likeness (QED) is 0.345. The molecule has 1 saturated heterocycles. The predicted molar refractivity (Wildman–Crippen MR) is 115 cm³/mol. The van der Waals surface area contributed by atoms with Crippen LogP contribution in [0.15, 0.2) is 42.5 Å². The van der Waals surface area contributed by atoms with Crippen molar-refractivity contribution < 1.29 is 27.6 Å². The maximum absolute atomic E-state index is 13.7. The molecule has 0 spiro atoms. The summed E-state index contributed by atoms with van der Waals surface area (Å²) in [6.07, 6.45) is -4.64. The van der Waals surface area contributed by atoms with E-state index in [-0.39, 0.29) is 48.1 Å². The number of halogens is 3. The Hall–Kier alpha value is -3.68. The third-order valence-electron chi connectivity index (χ3n) is 4.88. The Kier molecular flexibility index (Phi) is 7.48. The molecule has 0 bridgehead atoms. The van der Waals surface area contributed by atoms with Gasteiger partial charge in [0, 0.05) is 24.2 Å². The highest BCUT2D eigenvalue weighted by Crippen LogP contribution is 2.35. The van der Waals surface area contributed by atoms with Crippen LogP contribution < -0.4 is 16.4 Å². The zero-order valence-electron chi connectivity index (χ0n) is 17.5. The number of nitrogens with two attached hydrogens (primary N) is 1. The minimum Gasteiger partial charge on any atom is -0.366 e. The second-order valence-electron chi connectivity index (χ2n) is 7.33. The molecule has 1 aliphatic heterocycles. The molecule has 0 saturated carbocycles. The van der Waals surface area contributed by atoms with E-state index in [2.05, 4.69) is 22.5 Å². The van der Waals surface area contributed by atoms with Crippen LogP contribution in [0.3, 0.4) is 0 Å². The molecule has 3 rings (SSSR count). The van der Waals surface area contributed by atoms with Crippen LogP contribution in [0, 0.1) is 11.8 Å². The Morgan fingerprint density at radius 1 is 1.12 bits per heavy atom. The highest BCUT2D eigenvalue weighted by atomic mass is 19.4. The zero-order chi connectivity index (χ0) is 24.0. The van der Waals surface area contributed by atoms with Gasteiger partial charge >= 0.3 is 6.18 Å². The van der Waals surface area contributed by atoms with Crippen molar-refractivity contribution in [1.82, 2.24) is 15.5 Å². The smallest absolute Gasteiger partial charge is 0.366 e. The Morgan fingerprint density at radius 2 is 1.82 bits per heavy atom. The third kappa shape index (κ3) is 6.41. The summed E-state index contributed by atoms with van der Waals surface area (Å²) in [6.45, 7) is 1.17. The van der Waals surface area contributed by atoms with Crippen molar-refractivity contribution in [3.63, 3.8) is 0 Å². The number of alkyl halides is 3. The van der Waals surface area contributed by atoms with Crippen molar-refractivity contribution in [2.45, 2.75) is 6.18 Å². The highest BCUT2D eigenvalue weighted by Gasteiger charge is 2.33. The first-order valence-corrected chi connectivity index (χ1v) is 10.00. The van der Waals surface area contributed by atoms with Gasteiger partial charge in [0.2, 0.25) is 17.7 Å². The summed E-state index contributed by atoms with van der Waals surface area (Å²) in [6, 6.07) is 9.87. The molecule has 33 heavy (non-hydrogen) atoms. The van der Waals surface area contributed by atoms with Crippen LogP contribution in [0.2, 0.25) is 0 Å². The van der Waals surface area contributed by atoms with Crippen LogP contribution >= 0.6 is 0 Å². The number of hydrogen-bond donors (Lipinski definition) is 3. The highest BCUT2D eigenvalue weighted by molar-refractivity contribution is 6.00. The molecule has 0 aliphatic carbocycles. The van der Waals surface area contributed by atoms with E-state index in [1.165, 1.54) is 24.3 Å². The van der Waals surface area contributed by atoms with Crippen molar-refractivity contribution >= 4 is 17.7 Å². The molecule has 2 aromatic rings. The van der Waals surface area contributed by atoms with Gasteiger partial charge in [0.1, 0.15) is 0 Å². The molecule has 10 heteroatoms. The first-order chi connectivity index (χ1) is 15.6. The molecule has 172 valence electrons. The molecule has 0 atom stereocenters. The van der Waals surface area contributed by atoms with Crippen LogP contribution in [0.4, 0.5) is 13.2 Å².